The minimum absolute atomic E-state index is 0.0693. The third-order valence-corrected chi connectivity index (χ3v) is 4.13. The number of carbonyl (C=O) groups excluding carboxylic acids is 1. The molecule has 0 radical (unpaired) electrons. The van der Waals surface area contributed by atoms with Gasteiger partial charge in [0.2, 0.25) is 0 Å². The number of rotatable bonds is 6. The summed E-state index contributed by atoms with van der Waals surface area (Å²) in [5.41, 5.74) is 10.6. The molecule has 3 nitrogen and oxygen atoms in total. The summed E-state index contributed by atoms with van der Waals surface area (Å²) in [4.78, 5) is 13.8. The lowest BCUT2D eigenvalue weighted by Gasteiger charge is -2.30. The van der Waals surface area contributed by atoms with Gasteiger partial charge in [-0.2, -0.15) is 0 Å². The highest BCUT2D eigenvalue weighted by atomic mass is 16.1. The third kappa shape index (κ3) is 4.01. The van der Waals surface area contributed by atoms with Crippen LogP contribution < -0.4 is 10.6 Å². The molecule has 2 aromatic carbocycles. The summed E-state index contributed by atoms with van der Waals surface area (Å²) in [7, 11) is 0. The van der Waals surface area contributed by atoms with Crippen LogP contribution in [0.1, 0.15) is 25.0 Å². The molecule has 0 bridgehead atoms. The van der Waals surface area contributed by atoms with Crippen LogP contribution in [0.2, 0.25) is 0 Å². The lowest BCUT2D eigenvalue weighted by molar-refractivity contribution is -0.119. The van der Waals surface area contributed by atoms with Gasteiger partial charge in [-0.3, -0.25) is 4.79 Å². The number of para-hydroxylation sites is 1. The number of aryl methyl sites for hydroxylation is 1. The zero-order chi connectivity index (χ0) is 17.0. The summed E-state index contributed by atoms with van der Waals surface area (Å²) in [5, 5.41) is 0. The number of carbonyl (C=O) groups is 1. The number of nitrogens with zero attached hydrogens (tertiary/aromatic N) is 1. The Morgan fingerprint density at radius 2 is 1.78 bits per heavy atom. The molecule has 2 aromatic rings. The molecule has 0 aromatic heterocycles. The maximum Gasteiger partial charge on any atom is 0.134 e. The fraction of sp³-hybridized carbons (Fsp3) is 0.250. The molecule has 0 heterocycles. The molecule has 0 spiro atoms. The van der Waals surface area contributed by atoms with Crippen molar-refractivity contribution in [1.29, 1.82) is 0 Å². The molecule has 0 aliphatic heterocycles. The summed E-state index contributed by atoms with van der Waals surface area (Å²) in [6, 6.07) is 15.8. The van der Waals surface area contributed by atoms with E-state index in [2.05, 4.69) is 30.5 Å². The Balaban J connectivity index is 2.40. The van der Waals surface area contributed by atoms with E-state index in [4.69, 9.17) is 5.73 Å². The lowest BCUT2D eigenvalue weighted by Crippen LogP contribution is -2.30. The maximum absolute atomic E-state index is 11.7. The van der Waals surface area contributed by atoms with E-state index in [0.717, 1.165) is 28.2 Å². The van der Waals surface area contributed by atoms with E-state index in [9.17, 15) is 4.79 Å². The van der Waals surface area contributed by atoms with E-state index in [1.165, 1.54) is 0 Å². The second-order valence-electron chi connectivity index (χ2n) is 5.98. The van der Waals surface area contributed by atoms with Crippen molar-refractivity contribution >= 4 is 22.9 Å². The first kappa shape index (κ1) is 16.8. The van der Waals surface area contributed by atoms with Gasteiger partial charge in [0.05, 0.1) is 0 Å². The molecule has 120 valence electrons. The molecule has 0 fully saturated rings. The van der Waals surface area contributed by atoms with Gasteiger partial charge in [-0.15, -0.1) is 0 Å². The Kier molecular flexibility index (Phi) is 5.22. The van der Waals surface area contributed by atoms with Crippen molar-refractivity contribution in [3.05, 3.63) is 66.2 Å². The highest BCUT2D eigenvalue weighted by Gasteiger charge is 2.19. The first-order valence-corrected chi connectivity index (χ1v) is 7.78. The number of nitrogen functional groups attached to an aromatic ring is 1. The van der Waals surface area contributed by atoms with Crippen LogP contribution in [0.25, 0.3) is 5.70 Å². The Morgan fingerprint density at radius 3 is 2.35 bits per heavy atom. The van der Waals surface area contributed by atoms with Gasteiger partial charge < -0.3 is 10.6 Å². The van der Waals surface area contributed by atoms with Crippen molar-refractivity contribution in [2.24, 2.45) is 5.92 Å². The van der Waals surface area contributed by atoms with Crippen molar-refractivity contribution < 1.29 is 4.79 Å². The molecule has 0 aliphatic rings. The number of Topliss-reactive ketones (excluding diaryl/α,β-unsaturated/α-hetero) is 1. The van der Waals surface area contributed by atoms with Gasteiger partial charge in [-0.1, -0.05) is 43.8 Å². The molecule has 0 saturated heterocycles. The van der Waals surface area contributed by atoms with E-state index in [-0.39, 0.29) is 11.7 Å². The summed E-state index contributed by atoms with van der Waals surface area (Å²) in [5.74, 6) is 0.105. The first-order chi connectivity index (χ1) is 10.9. The molecule has 0 saturated carbocycles. The molecule has 0 aliphatic carbocycles. The standard InChI is InChI=1S/C20H24N2O/c1-14-7-5-6-8-20(14)22(13-15(2)17(4)23)16(3)18-9-11-19(21)12-10-18/h5-12,15H,3,13,21H2,1-2,4H3/t15-/m0/s1. The van der Waals surface area contributed by atoms with Crippen molar-refractivity contribution in [2.75, 3.05) is 17.2 Å². The summed E-state index contributed by atoms with van der Waals surface area (Å²) < 4.78 is 0. The first-order valence-electron chi connectivity index (χ1n) is 7.78. The van der Waals surface area contributed by atoms with Crippen LogP contribution in [0, 0.1) is 12.8 Å². The molecule has 1 atom stereocenters. The van der Waals surface area contributed by atoms with Crippen molar-refractivity contribution in [3.63, 3.8) is 0 Å². The molecule has 0 amide bonds. The summed E-state index contributed by atoms with van der Waals surface area (Å²) in [6.07, 6.45) is 0. The van der Waals surface area contributed by atoms with Crippen molar-refractivity contribution in [1.82, 2.24) is 0 Å². The van der Waals surface area contributed by atoms with Crippen LogP contribution in [-0.4, -0.2) is 12.3 Å². The van der Waals surface area contributed by atoms with E-state index >= 15 is 0 Å². The van der Waals surface area contributed by atoms with Gasteiger partial charge in [0.1, 0.15) is 5.78 Å². The Morgan fingerprint density at radius 1 is 1.17 bits per heavy atom. The van der Waals surface area contributed by atoms with E-state index in [0.29, 0.717) is 6.54 Å². The monoisotopic (exact) mass is 308 g/mol. The molecule has 23 heavy (non-hydrogen) atoms. The largest absolute Gasteiger partial charge is 0.399 e. The van der Waals surface area contributed by atoms with Crippen LogP contribution in [0.15, 0.2) is 55.1 Å². The van der Waals surface area contributed by atoms with Gasteiger partial charge in [0, 0.05) is 29.5 Å². The SMILES string of the molecule is C=C(c1ccc(N)cc1)N(C[C@H](C)C(C)=O)c1ccccc1C. The predicted octanol–water partition coefficient (Wildman–Crippen LogP) is 4.28. The van der Waals surface area contributed by atoms with Crippen LogP contribution in [0.5, 0.6) is 0 Å². The van der Waals surface area contributed by atoms with E-state index in [1.807, 2.05) is 43.3 Å². The minimum Gasteiger partial charge on any atom is -0.399 e. The highest BCUT2D eigenvalue weighted by Crippen LogP contribution is 2.29. The Labute approximate surface area is 138 Å². The number of hydrogen-bond donors (Lipinski definition) is 1. The Bertz CT molecular complexity index is 704. The van der Waals surface area contributed by atoms with E-state index in [1.54, 1.807) is 6.92 Å². The normalized spacial score (nSPS) is 11.8. The van der Waals surface area contributed by atoms with Gasteiger partial charge in [0.15, 0.2) is 0 Å². The molecule has 2 N–H and O–H groups in total. The average Bonchev–Trinajstić information content (AvgIpc) is 2.53. The second kappa shape index (κ2) is 7.14. The molecule has 3 heteroatoms. The zero-order valence-electron chi connectivity index (χ0n) is 14.0. The maximum atomic E-state index is 11.7. The number of anilines is 2. The highest BCUT2D eigenvalue weighted by molar-refractivity contribution is 5.83. The van der Waals surface area contributed by atoms with Gasteiger partial charge in [0.25, 0.3) is 0 Å². The van der Waals surface area contributed by atoms with Gasteiger partial charge >= 0.3 is 0 Å². The molecule has 2 rings (SSSR count). The number of nitrogens with two attached hydrogens (primary N) is 1. The van der Waals surface area contributed by atoms with Crippen LogP contribution in [0.4, 0.5) is 11.4 Å². The number of hydrogen-bond acceptors (Lipinski definition) is 3. The van der Waals surface area contributed by atoms with E-state index < -0.39 is 0 Å². The quantitative estimate of drug-likeness (QED) is 0.810. The minimum atomic E-state index is -0.0693. The number of benzene rings is 2. The predicted molar refractivity (Wildman–Crippen MR) is 98.3 cm³/mol. The fourth-order valence-electron chi connectivity index (χ4n) is 2.45. The molecular weight excluding hydrogens is 284 g/mol. The molecule has 0 unspecified atom stereocenters. The topological polar surface area (TPSA) is 46.3 Å². The van der Waals surface area contributed by atoms with Gasteiger partial charge in [-0.25, -0.2) is 0 Å². The van der Waals surface area contributed by atoms with Crippen LogP contribution in [-0.2, 0) is 4.79 Å². The zero-order valence-corrected chi connectivity index (χ0v) is 14.0. The summed E-state index contributed by atoms with van der Waals surface area (Å²) in [6.45, 7) is 10.5. The summed E-state index contributed by atoms with van der Waals surface area (Å²) >= 11 is 0. The van der Waals surface area contributed by atoms with Crippen LogP contribution in [0.3, 0.4) is 0 Å². The fourth-order valence-corrected chi connectivity index (χ4v) is 2.45. The van der Waals surface area contributed by atoms with Crippen molar-refractivity contribution in [3.8, 4) is 0 Å². The molecular formula is C20H24N2O. The number of ketones is 1. The smallest absolute Gasteiger partial charge is 0.134 e. The van der Waals surface area contributed by atoms with Crippen molar-refractivity contribution in [2.45, 2.75) is 20.8 Å². The Hall–Kier alpha value is -2.55. The van der Waals surface area contributed by atoms with Gasteiger partial charge in [-0.05, 0) is 43.2 Å². The lowest BCUT2D eigenvalue weighted by atomic mass is 10.0. The third-order valence-electron chi connectivity index (χ3n) is 4.13. The average molecular weight is 308 g/mol. The second-order valence-corrected chi connectivity index (χ2v) is 5.98. The van der Waals surface area contributed by atoms with Crippen LogP contribution >= 0.6 is 0 Å².